The van der Waals surface area contributed by atoms with Crippen LogP contribution in [-0.2, 0) is 0 Å². The second kappa shape index (κ2) is 9.06. The predicted molar refractivity (Wildman–Crippen MR) is 39.4 cm³/mol. The first-order valence-corrected chi connectivity index (χ1v) is 3.34. The van der Waals surface area contributed by atoms with E-state index in [-0.39, 0.29) is 64.9 Å². The smallest absolute Gasteiger partial charge is 0.860 e. The summed E-state index contributed by atoms with van der Waals surface area (Å²) in [6, 6.07) is 6.22. The predicted octanol–water partition coefficient (Wildman–Crippen LogP) is -7.21. The minimum absolute atomic E-state index is 0. The summed E-state index contributed by atoms with van der Waals surface area (Å²) in [5, 5.41) is 20.1. The largest absolute Gasteiger partial charge is 1.00 e. The molecule has 64 valence electrons. The van der Waals surface area contributed by atoms with Gasteiger partial charge in [0.25, 0.3) is 0 Å². The van der Waals surface area contributed by atoms with Crippen LogP contribution in [0, 0.1) is 0 Å². The van der Waals surface area contributed by atoms with Crippen LogP contribution >= 0.6 is 0 Å². The van der Waals surface area contributed by atoms with Crippen molar-refractivity contribution < 1.29 is 78.6 Å². The quantitative estimate of drug-likeness (QED) is 0.467. The Kier molecular flexibility index (Phi) is 11.1. The Hall–Kier alpha value is 0.805. The molecule has 1 rings (SSSR count). The van der Waals surface area contributed by atoms with Crippen LogP contribution in [0.5, 0.6) is 11.5 Å². The molecular formula is C7H7BNa2O4. The summed E-state index contributed by atoms with van der Waals surface area (Å²) >= 11 is 0. The molecular weight excluding hydrogens is 205 g/mol. The van der Waals surface area contributed by atoms with Crippen molar-refractivity contribution in [1.82, 2.24) is 0 Å². The van der Waals surface area contributed by atoms with E-state index in [2.05, 4.69) is 4.65 Å². The number of methoxy groups -OCH3 is 1. The molecule has 0 N–H and O–H groups in total. The van der Waals surface area contributed by atoms with Crippen LogP contribution in [0.15, 0.2) is 24.3 Å². The summed E-state index contributed by atoms with van der Waals surface area (Å²) < 4.78 is 9.21. The molecule has 0 atom stereocenters. The Morgan fingerprint density at radius 2 is 1.43 bits per heavy atom. The summed E-state index contributed by atoms with van der Waals surface area (Å²) in [5.74, 6) is 0.904. The number of rotatable bonds is 3. The number of benzene rings is 1. The Labute approximate surface area is 127 Å². The van der Waals surface area contributed by atoms with E-state index in [0.717, 1.165) is 0 Å². The molecule has 7 heteroatoms. The zero-order chi connectivity index (χ0) is 8.97. The van der Waals surface area contributed by atoms with Crippen LogP contribution in [0.2, 0.25) is 0 Å². The first-order chi connectivity index (χ1) is 5.72. The van der Waals surface area contributed by atoms with Gasteiger partial charge in [-0.3, -0.25) is 0 Å². The van der Waals surface area contributed by atoms with Crippen LogP contribution in [0.25, 0.3) is 0 Å². The SMILES string of the molecule is COc1ccc(OB([O-])[O-])cc1.[Na+].[Na+]. The Bertz CT molecular complexity index is 242. The minimum atomic E-state index is -2.28. The van der Waals surface area contributed by atoms with Gasteiger partial charge in [0, 0.05) is 0 Å². The van der Waals surface area contributed by atoms with Gasteiger partial charge >= 0.3 is 59.1 Å². The third-order valence-corrected chi connectivity index (χ3v) is 1.29. The maximum Gasteiger partial charge on any atom is 1.00 e. The summed E-state index contributed by atoms with van der Waals surface area (Å²) in [6.07, 6.45) is 0. The molecule has 0 radical (unpaired) electrons. The number of hydrogen-bond acceptors (Lipinski definition) is 4. The molecule has 0 saturated carbocycles. The van der Waals surface area contributed by atoms with Crippen LogP contribution in [0.4, 0.5) is 0 Å². The number of ether oxygens (including phenoxy) is 1. The molecule has 1 aromatic rings. The molecule has 0 fully saturated rings. The van der Waals surface area contributed by atoms with Crippen molar-refractivity contribution >= 4 is 7.32 Å². The van der Waals surface area contributed by atoms with Gasteiger partial charge in [0.1, 0.15) is 13.1 Å². The maximum atomic E-state index is 10.0. The van der Waals surface area contributed by atoms with Gasteiger partial charge in [-0.25, -0.2) is 0 Å². The van der Waals surface area contributed by atoms with Gasteiger partial charge in [0.15, 0.2) is 0 Å². The van der Waals surface area contributed by atoms with E-state index in [0.29, 0.717) is 5.75 Å². The molecule has 0 spiro atoms. The second-order valence-corrected chi connectivity index (χ2v) is 2.08. The van der Waals surface area contributed by atoms with E-state index in [1.165, 1.54) is 19.2 Å². The minimum Gasteiger partial charge on any atom is -0.860 e. The van der Waals surface area contributed by atoms with Crippen molar-refractivity contribution in [1.29, 1.82) is 0 Å². The third kappa shape index (κ3) is 6.32. The molecule has 0 aliphatic carbocycles. The second-order valence-electron chi connectivity index (χ2n) is 2.08. The molecule has 0 bridgehead atoms. The van der Waals surface area contributed by atoms with Crippen LogP contribution in [0.1, 0.15) is 0 Å². The summed E-state index contributed by atoms with van der Waals surface area (Å²) in [6.45, 7) is 0. The molecule has 0 aliphatic heterocycles. The number of hydrogen-bond donors (Lipinski definition) is 0. The van der Waals surface area contributed by atoms with Crippen LogP contribution < -0.4 is 78.6 Å². The molecule has 0 heterocycles. The Balaban J connectivity index is 0. The van der Waals surface area contributed by atoms with Crippen LogP contribution in [0.3, 0.4) is 0 Å². The molecule has 0 aliphatic rings. The molecule has 0 unspecified atom stereocenters. The zero-order valence-electron chi connectivity index (χ0n) is 8.52. The van der Waals surface area contributed by atoms with Crippen molar-refractivity contribution in [3.63, 3.8) is 0 Å². The van der Waals surface area contributed by atoms with E-state index in [1.54, 1.807) is 12.1 Å². The standard InChI is InChI=1S/C7H7BO4.2Na/c1-11-6-2-4-7(5-3-6)12-8(9)10;;/h2-5H,1H3;;/q-2;2*+1. The molecule has 0 saturated heterocycles. The fraction of sp³-hybridized carbons (Fsp3) is 0.143. The summed E-state index contributed by atoms with van der Waals surface area (Å²) in [7, 11) is -0.752. The fourth-order valence-corrected chi connectivity index (χ4v) is 0.765. The van der Waals surface area contributed by atoms with Gasteiger partial charge in [-0.1, -0.05) is 0 Å². The Morgan fingerprint density at radius 1 is 1.00 bits per heavy atom. The van der Waals surface area contributed by atoms with Gasteiger partial charge in [-0.15, -0.1) is 0 Å². The molecule has 4 nitrogen and oxygen atoms in total. The van der Waals surface area contributed by atoms with Crippen molar-refractivity contribution in [3.8, 4) is 11.5 Å². The molecule has 0 amide bonds. The first kappa shape index (κ1) is 17.2. The van der Waals surface area contributed by atoms with E-state index in [9.17, 15) is 10.0 Å². The maximum absolute atomic E-state index is 10.0. The van der Waals surface area contributed by atoms with Crippen molar-refractivity contribution in [2.24, 2.45) is 0 Å². The van der Waals surface area contributed by atoms with Gasteiger partial charge in [0.2, 0.25) is 0 Å². The average Bonchev–Trinajstić information content (AvgIpc) is 2.05. The van der Waals surface area contributed by atoms with E-state index < -0.39 is 7.32 Å². The summed E-state index contributed by atoms with van der Waals surface area (Å²) in [5.41, 5.74) is 0. The zero-order valence-corrected chi connectivity index (χ0v) is 12.5. The van der Waals surface area contributed by atoms with Gasteiger partial charge in [-0.2, -0.15) is 0 Å². The fourth-order valence-electron chi connectivity index (χ4n) is 0.765. The first-order valence-electron chi connectivity index (χ1n) is 3.34. The average molecular weight is 212 g/mol. The molecule has 1 aromatic carbocycles. The van der Waals surface area contributed by atoms with Crippen LogP contribution in [-0.4, -0.2) is 14.4 Å². The summed E-state index contributed by atoms with van der Waals surface area (Å²) in [4.78, 5) is 0. The Morgan fingerprint density at radius 3 is 1.79 bits per heavy atom. The van der Waals surface area contributed by atoms with E-state index >= 15 is 0 Å². The van der Waals surface area contributed by atoms with Gasteiger partial charge in [0.05, 0.1) is 12.9 Å². The van der Waals surface area contributed by atoms with E-state index in [4.69, 9.17) is 4.74 Å². The topological polar surface area (TPSA) is 64.6 Å². The van der Waals surface area contributed by atoms with E-state index in [1.807, 2.05) is 0 Å². The molecule has 14 heavy (non-hydrogen) atoms. The van der Waals surface area contributed by atoms with Gasteiger partial charge < -0.3 is 19.4 Å². The normalized spacial score (nSPS) is 7.93. The monoisotopic (exact) mass is 212 g/mol. The third-order valence-electron chi connectivity index (χ3n) is 1.29. The van der Waals surface area contributed by atoms with Crippen molar-refractivity contribution in [2.75, 3.05) is 7.11 Å². The van der Waals surface area contributed by atoms with Gasteiger partial charge in [-0.05, 0) is 24.3 Å². The van der Waals surface area contributed by atoms with Crippen molar-refractivity contribution in [3.05, 3.63) is 24.3 Å². The molecule has 0 aromatic heterocycles. The van der Waals surface area contributed by atoms with Crippen molar-refractivity contribution in [2.45, 2.75) is 0 Å².